The number of aromatic amines is 1. The van der Waals surface area contributed by atoms with Gasteiger partial charge in [-0.15, -0.1) is 0 Å². The Labute approximate surface area is 195 Å². The van der Waals surface area contributed by atoms with Gasteiger partial charge in [0.05, 0.1) is 33.8 Å². The van der Waals surface area contributed by atoms with E-state index in [9.17, 15) is 5.26 Å². The van der Waals surface area contributed by atoms with Crippen LogP contribution in [-0.2, 0) is 6.61 Å². The molecule has 0 saturated heterocycles. The van der Waals surface area contributed by atoms with Crippen LogP contribution in [0.3, 0.4) is 0 Å². The third kappa shape index (κ3) is 4.72. The van der Waals surface area contributed by atoms with Gasteiger partial charge in [-0.2, -0.15) is 5.26 Å². The largest absolute Gasteiger partial charge is 0.497 e. The predicted molar refractivity (Wildman–Crippen MR) is 128 cm³/mol. The Bertz CT molecular complexity index is 1350. The van der Waals surface area contributed by atoms with Crippen LogP contribution in [0.1, 0.15) is 22.5 Å². The molecule has 0 spiro atoms. The van der Waals surface area contributed by atoms with Gasteiger partial charge in [-0.25, -0.2) is 4.98 Å². The van der Waals surface area contributed by atoms with Crippen molar-refractivity contribution < 1.29 is 9.47 Å². The number of nitriles is 1. The number of nitrogens with one attached hydrogen (secondary N) is 1. The number of halogens is 2. The fourth-order valence-corrected chi connectivity index (χ4v) is 3.93. The topological polar surface area (TPSA) is 70.9 Å². The number of rotatable bonds is 6. The van der Waals surface area contributed by atoms with Gasteiger partial charge in [0, 0.05) is 6.07 Å². The minimum Gasteiger partial charge on any atom is -0.497 e. The average molecular weight is 464 g/mol. The molecular formula is C25H19Cl2N3O2. The molecule has 160 valence electrons. The molecule has 3 aromatic carbocycles. The third-order valence-corrected chi connectivity index (χ3v) is 5.42. The molecule has 0 amide bonds. The van der Waals surface area contributed by atoms with Crippen LogP contribution in [0, 0.1) is 18.3 Å². The summed E-state index contributed by atoms with van der Waals surface area (Å²) in [4.78, 5) is 7.65. The fourth-order valence-electron chi connectivity index (χ4n) is 3.32. The van der Waals surface area contributed by atoms with Gasteiger partial charge in [0.1, 0.15) is 24.3 Å². The summed E-state index contributed by atoms with van der Waals surface area (Å²) < 4.78 is 11.1. The number of aromatic nitrogens is 2. The second-order valence-corrected chi connectivity index (χ2v) is 8.04. The Kier molecular flexibility index (Phi) is 6.36. The summed E-state index contributed by atoms with van der Waals surface area (Å²) in [7, 11) is 1.60. The Morgan fingerprint density at radius 3 is 2.59 bits per heavy atom. The van der Waals surface area contributed by atoms with Gasteiger partial charge in [0.2, 0.25) is 0 Å². The van der Waals surface area contributed by atoms with E-state index < -0.39 is 0 Å². The number of benzene rings is 3. The molecule has 0 fully saturated rings. The Balaban J connectivity index is 1.60. The molecule has 4 rings (SSSR count). The zero-order valence-electron chi connectivity index (χ0n) is 17.4. The molecule has 0 aliphatic heterocycles. The smallest absolute Gasteiger partial charge is 0.157 e. The minimum atomic E-state index is 0.348. The molecule has 32 heavy (non-hydrogen) atoms. The normalized spacial score (nSPS) is 11.4. The van der Waals surface area contributed by atoms with E-state index in [2.05, 4.69) is 16.0 Å². The standard InChI is InChI=1S/C25H19Cl2N3O2/c1-15-4-3-5-16(8-15)14-32-24-20(26)10-17(11-21(24)27)9-18(13-28)25-29-22-7-6-19(31-2)12-23(22)30-25/h3-12H,14H2,1-2H3,(H,29,30)/b18-9-. The number of fused-ring (bicyclic) bond motifs is 1. The lowest BCUT2D eigenvalue weighted by atomic mass is 10.1. The van der Waals surface area contributed by atoms with E-state index in [0.717, 1.165) is 22.2 Å². The van der Waals surface area contributed by atoms with Gasteiger partial charge in [-0.3, -0.25) is 0 Å². The Morgan fingerprint density at radius 1 is 1.12 bits per heavy atom. The number of hydrogen-bond acceptors (Lipinski definition) is 4. The zero-order valence-corrected chi connectivity index (χ0v) is 19.0. The number of hydrogen-bond donors (Lipinski definition) is 1. The molecule has 0 saturated carbocycles. The minimum absolute atomic E-state index is 0.348. The average Bonchev–Trinajstić information content (AvgIpc) is 3.20. The van der Waals surface area contributed by atoms with Crippen molar-refractivity contribution in [1.29, 1.82) is 5.26 Å². The molecule has 0 atom stereocenters. The maximum absolute atomic E-state index is 9.70. The summed E-state index contributed by atoms with van der Waals surface area (Å²) in [5.74, 6) is 1.55. The van der Waals surface area contributed by atoms with Gasteiger partial charge in [0.25, 0.3) is 0 Å². The quantitative estimate of drug-likeness (QED) is 0.318. The molecule has 0 aliphatic carbocycles. The molecular weight excluding hydrogens is 445 g/mol. The molecule has 1 heterocycles. The van der Waals surface area contributed by atoms with Crippen LogP contribution >= 0.6 is 23.2 Å². The number of methoxy groups -OCH3 is 1. The van der Waals surface area contributed by atoms with Crippen LogP contribution in [0.5, 0.6) is 11.5 Å². The van der Waals surface area contributed by atoms with Crippen LogP contribution in [0.15, 0.2) is 54.6 Å². The summed E-state index contributed by atoms with van der Waals surface area (Å²) in [5, 5.41) is 10.4. The molecule has 0 bridgehead atoms. The summed E-state index contributed by atoms with van der Waals surface area (Å²) in [5.41, 5.74) is 4.69. The number of allylic oxidation sites excluding steroid dienone is 1. The number of aryl methyl sites for hydroxylation is 1. The third-order valence-electron chi connectivity index (χ3n) is 4.86. The number of ether oxygens (including phenoxy) is 2. The molecule has 0 radical (unpaired) electrons. The van der Waals surface area contributed by atoms with Gasteiger partial charge in [0.15, 0.2) is 5.75 Å². The summed E-state index contributed by atoms with van der Waals surface area (Å²) in [6.45, 7) is 2.37. The molecule has 0 unspecified atom stereocenters. The van der Waals surface area contributed by atoms with Crippen LogP contribution in [0.25, 0.3) is 22.7 Å². The first kappa shape index (κ1) is 21.8. The summed E-state index contributed by atoms with van der Waals surface area (Å²) >= 11 is 12.9. The second kappa shape index (κ2) is 9.35. The molecule has 5 nitrogen and oxygen atoms in total. The molecule has 1 aromatic heterocycles. The maximum atomic E-state index is 9.70. The number of nitrogens with zero attached hydrogens (tertiary/aromatic N) is 2. The van der Waals surface area contributed by atoms with Gasteiger partial charge < -0.3 is 14.5 Å². The second-order valence-electron chi connectivity index (χ2n) is 7.23. The lowest BCUT2D eigenvalue weighted by molar-refractivity contribution is 0.306. The molecule has 7 heteroatoms. The van der Waals surface area contributed by atoms with Gasteiger partial charge in [-0.05, 0) is 48.4 Å². The summed E-state index contributed by atoms with van der Waals surface area (Å²) in [6, 6.07) is 19.1. The highest BCUT2D eigenvalue weighted by molar-refractivity contribution is 6.37. The highest BCUT2D eigenvalue weighted by Gasteiger charge is 2.13. The first-order valence-electron chi connectivity index (χ1n) is 9.80. The Morgan fingerprint density at radius 2 is 1.91 bits per heavy atom. The van der Waals surface area contributed by atoms with E-state index >= 15 is 0 Å². The maximum Gasteiger partial charge on any atom is 0.157 e. The van der Waals surface area contributed by atoms with Crippen LogP contribution in [0.2, 0.25) is 10.0 Å². The van der Waals surface area contributed by atoms with Crippen molar-refractivity contribution in [2.24, 2.45) is 0 Å². The molecule has 4 aromatic rings. The van der Waals surface area contributed by atoms with Crippen molar-refractivity contribution in [3.05, 3.63) is 87.2 Å². The molecule has 0 aliphatic rings. The Hall–Kier alpha value is -3.46. The number of imidazole rings is 1. The fraction of sp³-hybridized carbons (Fsp3) is 0.120. The SMILES string of the molecule is COc1ccc2nc(/C(C#N)=C\c3cc(Cl)c(OCc4cccc(C)c4)c(Cl)c3)[nH]c2c1. The zero-order chi connectivity index (χ0) is 22.7. The van der Waals surface area contributed by atoms with Crippen molar-refractivity contribution in [2.45, 2.75) is 13.5 Å². The first-order chi connectivity index (χ1) is 15.5. The van der Waals surface area contributed by atoms with Crippen LogP contribution < -0.4 is 9.47 Å². The van der Waals surface area contributed by atoms with Crippen molar-refractivity contribution in [2.75, 3.05) is 7.11 Å². The summed E-state index contributed by atoms with van der Waals surface area (Å²) in [6.07, 6.45) is 1.68. The lowest BCUT2D eigenvalue weighted by Gasteiger charge is -2.11. The van der Waals surface area contributed by atoms with Crippen LogP contribution in [-0.4, -0.2) is 17.1 Å². The van der Waals surface area contributed by atoms with E-state index in [0.29, 0.717) is 45.1 Å². The van der Waals surface area contributed by atoms with E-state index in [1.54, 1.807) is 25.3 Å². The van der Waals surface area contributed by atoms with Gasteiger partial charge >= 0.3 is 0 Å². The highest BCUT2D eigenvalue weighted by atomic mass is 35.5. The van der Waals surface area contributed by atoms with Crippen molar-refractivity contribution in [1.82, 2.24) is 9.97 Å². The van der Waals surface area contributed by atoms with Crippen molar-refractivity contribution in [3.8, 4) is 17.6 Å². The van der Waals surface area contributed by atoms with E-state index in [1.807, 2.05) is 49.4 Å². The van der Waals surface area contributed by atoms with E-state index in [4.69, 9.17) is 32.7 Å². The van der Waals surface area contributed by atoms with Crippen molar-refractivity contribution >= 4 is 45.9 Å². The van der Waals surface area contributed by atoms with E-state index in [-0.39, 0.29) is 0 Å². The van der Waals surface area contributed by atoms with Gasteiger partial charge in [-0.1, -0.05) is 53.0 Å². The van der Waals surface area contributed by atoms with Crippen LogP contribution in [0.4, 0.5) is 0 Å². The van der Waals surface area contributed by atoms with E-state index in [1.165, 1.54) is 0 Å². The van der Waals surface area contributed by atoms with Crippen molar-refractivity contribution in [3.63, 3.8) is 0 Å². The first-order valence-corrected chi connectivity index (χ1v) is 10.6. The number of H-pyrrole nitrogens is 1. The monoisotopic (exact) mass is 463 g/mol. The lowest BCUT2D eigenvalue weighted by Crippen LogP contribution is -1.97. The molecule has 1 N–H and O–H groups in total. The predicted octanol–water partition coefficient (Wildman–Crippen LogP) is 6.83. The highest BCUT2D eigenvalue weighted by Crippen LogP contribution is 2.36.